The minimum atomic E-state index is -1.01. The van der Waals surface area contributed by atoms with E-state index in [4.69, 9.17) is 5.11 Å². The highest BCUT2D eigenvalue weighted by molar-refractivity contribution is 5.74. The predicted molar refractivity (Wildman–Crippen MR) is 67.5 cm³/mol. The smallest absolute Gasteiger partial charge is 0.308 e. The number of H-pyrrole nitrogens is 1. The van der Waals surface area contributed by atoms with E-state index in [0.717, 1.165) is 11.1 Å². The Morgan fingerprint density at radius 3 is 2.78 bits per heavy atom. The Kier molecular flexibility index (Phi) is 3.06. The highest BCUT2D eigenvalue weighted by Gasteiger charge is 2.16. The third-order valence-corrected chi connectivity index (χ3v) is 2.78. The number of hydrogen-bond donors (Lipinski definition) is 2. The van der Waals surface area contributed by atoms with Crippen molar-refractivity contribution in [2.24, 2.45) is 7.05 Å². The van der Waals surface area contributed by atoms with E-state index in [1.54, 1.807) is 7.05 Å². The fraction of sp³-hybridized carbons (Fsp3) is 0.231. The number of aryl methyl sites for hydroxylation is 2. The number of rotatable bonds is 3. The van der Waals surface area contributed by atoms with Crippen LogP contribution in [0.3, 0.4) is 0 Å². The van der Waals surface area contributed by atoms with Crippen LogP contribution < -0.4 is 5.56 Å². The predicted octanol–water partition coefficient (Wildman–Crippen LogP) is 1.32. The zero-order valence-electron chi connectivity index (χ0n) is 10.2. The summed E-state index contributed by atoms with van der Waals surface area (Å²) < 4.78 is 1.30. The molecule has 0 saturated carbocycles. The van der Waals surface area contributed by atoms with E-state index in [-0.39, 0.29) is 17.5 Å². The van der Waals surface area contributed by atoms with Crippen LogP contribution in [-0.4, -0.2) is 20.9 Å². The van der Waals surface area contributed by atoms with Crippen molar-refractivity contribution in [1.29, 1.82) is 0 Å². The Bertz CT molecular complexity index is 652. The van der Waals surface area contributed by atoms with Crippen LogP contribution in [0, 0.1) is 6.92 Å². The molecule has 0 unspecified atom stereocenters. The summed E-state index contributed by atoms with van der Waals surface area (Å²) in [7, 11) is 1.58. The molecule has 0 radical (unpaired) electrons. The molecule has 0 bridgehead atoms. The molecule has 0 saturated heterocycles. The van der Waals surface area contributed by atoms with E-state index in [1.165, 1.54) is 4.68 Å². The largest absolute Gasteiger partial charge is 0.481 e. The van der Waals surface area contributed by atoms with Gasteiger partial charge < -0.3 is 5.11 Å². The van der Waals surface area contributed by atoms with Gasteiger partial charge in [0.15, 0.2) is 0 Å². The second kappa shape index (κ2) is 4.52. The molecule has 2 aromatic rings. The van der Waals surface area contributed by atoms with Gasteiger partial charge in [-0.2, -0.15) is 0 Å². The second-order valence-electron chi connectivity index (χ2n) is 4.27. The molecule has 0 aliphatic rings. The Morgan fingerprint density at radius 1 is 1.44 bits per heavy atom. The van der Waals surface area contributed by atoms with Crippen LogP contribution >= 0.6 is 0 Å². The van der Waals surface area contributed by atoms with E-state index in [2.05, 4.69) is 5.10 Å². The molecule has 94 valence electrons. The van der Waals surface area contributed by atoms with Crippen molar-refractivity contribution in [1.82, 2.24) is 9.78 Å². The molecule has 0 aliphatic carbocycles. The summed E-state index contributed by atoms with van der Waals surface area (Å²) >= 11 is 0. The van der Waals surface area contributed by atoms with Crippen molar-refractivity contribution in [3.05, 3.63) is 45.7 Å². The first-order valence-electron chi connectivity index (χ1n) is 5.55. The number of carbonyl (C=O) groups is 1. The lowest BCUT2D eigenvalue weighted by Gasteiger charge is -2.02. The average Bonchev–Trinajstić information content (AvgIpc) is 2.57. The number of hydrogen-bond acceptors (Lipinski definition) is 2. The van der Waals surface area contributed by atoms with E-state index >= 15 is 0 Å². The van der Waals surface area contributed by atoms with Crippen LogP contribution in [0.5, 0.6) is 0 Å². The molecule has 1 heterocycles. The van der Waals surface area contributed by atoms with Crippen LogP contribution in [0.2, 0.25) is 0 Å². The Balaban J connectivity index is 2.60. The van der Waals surface area contributed by atoms with Crippen molar-refractivity contribution in [3.63, 3.8) is 0 Å². The lowest BCUT2D eigenvalue weighted by Crippen LogP contribution is -2.17. The van der Waals surface area contributed by atoms with Gasteiger partial charge in [0, 0.05) is 12.6 Å². The quantitative estimate of drug-likeness (QED) is 0.857. The summed E-state index contributed by atoms with van der Waals surface area (Å²) in [4.78, 5) is 22.7. The van der Waals surface area contributed by atoms with Gasteiger partial charge in [0.1, 0.15) is 0 Å². The van der Waals surface area contributed by atoms with Crippen LogP contribution in [0.4, 0.5) is 0 Å². The lowest BCUT2D eigenvalue weighted by atomic mass is 10.0. The van der Waals surface area contributed by atoms with Gasteiger partial charge in [-0.3, -0.25) is 19.4 Å². The van der Waals surface area contributed by atoms with Crippen LogP contribution in [0.15, 0.2) is 29.1 Å². The van der Waals surface area contributed by atoms with Crippen molar-refractivity contribution in [2.45, 2.75) is 13.3 Å². The normalized spacial score (nSPS) is 10.6. The minimum Gasteiger partial charge on any atom is -0.481 e. The number of aliphatic carboxylic acids is 1. The maximum absolute atomic E-state index is 11.9. The highest BCUT2D eigenvalue weighted by atomic mass is 16.4. The van der Waals surface area contributed by atoms with E-state index in [1.807, 2.05) is 31.2 Å². The molecule has 0 fully saturated rings. The summed E-state index contributed by atoms with van der Waals surface area (Å²) in [5.41, 5.74) is 2.44. The van der Waals surface area contributed by atoms with Crippen molar-refractivity contribution >= 4 is 5.97 Å². The van der Waals surface area contributed by atoms with E-state index < -0.39 is 5.97 Å². The first-order valence-corrected chi connectivity index (χ1v) is 5.55. The van der Waals surface area contributed by atoms with Crippen molar-refractivity contribution in [2.75, 3.05) is 0 Å². The number of nitrogens with zero attached hydrogens (tertiary/aromatic N) is 1. The number of aromatic amines is 1. The highest BCUT2D eigenvalue weighted by Crippen LogP contribution is 2.20. The fourth-order valence-electron chi connectivity index (χ4n) is 1.95. The summed E-state index contributed by atoms with van der Waals surface area (Å²) in [5.74, 6) is -1.01. The molecule has 0 atom stereocenters. The van der Waals surface area contributed by atoms with Gasteiger partial charge in [-0.25, -0.2) is 0 Å². The molecular weight excluding hydrogens is 232 g/mol. The molecule has 0 spiro atoms. The number of nitrogens with one attached hydrogen (secondary N) is 1. The molecule has 1 aromatic carbocycles. The van der Waals surface area contributed by atoms with Crippen molar-refractivity contribution < 1.29 is 9.90 Å². The molecule has 18 heavy (non-hydrogen) atoms. The van der Waals surface area contributed by atoms with Gasteiger partial charge in [0.05, 0.1) is 17.7 Å². The van der Waals surface area contributed by atoms with E-state index in [0.29, 0.717) is 5.69 Å². The molecule has 5 nitrogen and oxygen atoms in total. The minimum absolute atomic E-state index is 0.278. The molecule has 0 aliphatic heterocycles. The first-order chi connectivity index (χ1) is 8.49. The van der Waals surface area contributed by atoms with Gasteiger partial charge in [-0.05, 0) is 13.0 Å². The number of carboxylic acid groups (broad SMARTS) is 1. The third-order valence-electron chi connectivity index (χ3n) is 2.78. The summed E-state index contributed by atoms with van der Waals surface area (Å²) in [6.45, 7) is 1.95. The summed E-state index contributed by atoms with van der Waals surface area (Å²) in [6.07, 6.45) is -0.278. The maximum Gasteiger partial charge on any atom is 0.308 e. The molecule has 1 aromatic heterocycles. The molecule has 5 heteroatoms. The first kappa shape index (κ1) is 12.2. The lowest BCUT2D eigenvalue weighted by molar-refractivity contribution is -0.136. The number of carboxylic acids is 1. The Morgan fingerprint density at radius 2 is 2.17 bits per heavy atom. The second-order valence-corrected chi connectivity index (χ2v) is 4.27. The topological polar surface area (TPSA) is 75.1 Å². The van der Waals surface area contributed by atoms with Gasteiger partial charge in [-0.1, -0.05) is 23.8 Å². The van der Waals surface area contributed by atoms with Gasteiger partial charge in [0.2, 0.25) is 0 Å². The zero-order valence-corrected chi connectivity index (χ0v) is 10.2. The molecule has 2 rings (SSSR count). The number of benzene rings is 1. The van der Waals surface area contributed by atoms with Crippen molar-refractivity contribution in [3.8, 4) is 11.3 Å². The molecular formula is C13H14N2O3. The average molecular weight is 246 g/mol. The molecule has 0 amide bonds. The zero-order chi connectivity index (χ0) is 13.3. The molecule has 2 N–H and O–H groups in total. The third kappa shape index (κ3) is 2.20. The standard InChI is InChI=1S/C13H14N2O3/c1-8-4-3-5-9(6-8)12-10(7-11(16)17)13(18)15(2)14-12/h3-6,14H,7H2,1-2H3,(H,16,17). The van der Waals surface area contributed by atoms with Crippen LogP contribution in [-0.2, 0) is 18.3 Å². The fourth-order valence-corrected chi connectivity index (χ4v) is 1.95. The van der Waals surface area contributed by atoms with Gasteiger partial charge >= 0.3 is 5.97 Å². The Hall–Kier alpha value is -2.30. The monoisotopic (exact) mass is 246 g/mol. The summed E-state index contributed by atoms with van der Waals surface area (Å²) in [6, 6.07) is 7.59. The van der Waals surface area contributed by atoms with Gasteiger partial charge in [0.25, 0.3) is 5.56 Å². The van der Waals surface area contributed by atoms with Gasteiger partial charge in [-0.15, -0.1) is 0 Å². The maximum atomic E-state index is 11.9. The van der Waals surface area contributed by atoms with E-state index in [9.17, 15) is 9.59 Å². The number of aromatic nitrogens is 2. The Labute approximate surface area is 104 Å². The summed E-state index contributed by atoms with van der Waals surface area (Å²) in [5, 5.41) is 11.8. The SMILES string of the molecule is Cc1cccc(-c2[nH]n(C)c(=O)c2CC(=O)O)c1. The van der Waals surface area contributed by atoms with Crippen LogP contribution in [0.25, 0.3) is 11.3 Å². The van der Waals surface area contributed by atoms with Crippen LogP contribution in [0.1, 0.15) is 11.1 Å².